The van der Waals surface area contributed by atoms with Crippen molar-refractivity contribution in [1.29, 1.82) is 0 Å². The summed E-state index contributed by atoms with van der Waals surface area (Å²) in [5, 5.41) is 9.13. The summed E-state index contributed by atoms with van der Waals surface area (Å²) in [5.41, 5.74) is 0. The third-order valence-electron chi connectivity index (χ3n) is 2.57. The van der Waals surface area contributed by atoms with E-state index in [-0.39, 0.29) is 0 Å². The summed E-state index contributed by atoms with van der Waals surface area (Å²) in [6.45, 7) is 0.939. The number of phenolic OH excluding ortho intramolecular Hbond substituents is 1. The lowest BCUT2D eigenvalue weighted by molar-refractivity contribution is 0.109. The first kappa shape index (κ1) is 10.8. The Morgan fingerprint density at radius 2 is 2.13 bits per heavy atom. The Balaban J connectivity index is 1.71. The van der Waals surface area contributed by atoms with Crippen LogP contribution in [0.15, 0.2) is 29.2 Å². The van der Waals surface area contributed by atoms with Crippen LogP contribution in [0.1, 0.15) is 19.3 Å². The van der Waals surface area contributed by atoms with Gasteiger partial charge in [-0.25, -0.2) is 0 Å². The summed E-state index contributed by atoms with van der Waals surface area (Å²) in [4.78, 5) is 1.21. The molecule has 0 bridgehead atoms. The topological polar surface area (TPSA) is 29.5 Å². The zero-order valence-corrected chi connectivity index (χ0v) is 9.50. The van der Waals surface area contributed by atoms with E-state index in [0.29, 0.717) is 11.9 Å². The molecule has 82 valence electrons. The van der Waals surface area contributed by atoms with Crippen LogP contribution in [0.4, 0.5) is 0 Å². The summed E-state index contributed by atoms with van der Waals surface area (Å²) < 4.78 is 5.56. The fourth-order valence-corrected chi connectivity index (χ4v) is 2.67. The number of thioether (sulfide) groups is 1. The van der Waals surface area contributed by atoms with E-state index in [0.717, 1.165) is 18.8 Å². The second kappa shape index (κ2) is 5.42. The first-order valence-corrected chi connectivity index (χ1v) is 6.36. The minimum atomic E-state index is 0.332. The van der Waals surface area contributed by atoms with Crippen LogP contribution in [0, 0.1) is 0 Å². The second-order valence-corrected chi connectivity index (χ2v) is 4.93. The molecule has 0 spiro atoms. The van der Waals surface area contributed by atoms with Gasteiger partial charge in [0.15, 0.2) is 0 Å². The molecule has 1 unspecified atom stereocenters. The number of hydrogen-bond donors (Lipinski definition) is 1. The third-order valence-corrected chi connectivity index (χ3v) is 3.61. The van der Waals surface area contributed by atoms with Crippen LogP contribution in [-0.4, -0.2) is 23.6 Å². The summed E-state index contributed by atoms with van der Waals surface area (Å²) >= 11 is 1.82. The van der Waals surface area contributed by atoms with Gasteiger partial charge >= 0.3 is 0 Å². The zero-order chi connectivity index (χ0) is 10.5. The average molecular weight is 224 g/mol. The van der Waals surface area contributed by atoms with Gasteiger partial charge in [0.05, 0.1) is 6.10 Å². The maximum atomic E-state index is 9.13. The van der Waals surface area contributed by atoms with Crippen LogP contribution >= 0.6 is 11.8 Å². The van der Waals surface area contributed by atoms with E-state index >= 15 is 0 Å². The van der Waals surface area contributed by atoms with Gasteiger partial charge < -0.3 is 9.84 Å². The molecule has 1 aliphatic rings. The van der Waals surface area contributed by atoms with E-state index in [1.165, 1.54) is 17.7 Å². The van der Waals surface area contributed by atoms with Crippen LogP contribution < -0.4 is 0 Å². The van der Waals surface area contributed by atoms with Gasteiger partial charge in [-0.3, -0.25) is 0 Å². The maximum absolute atomic E-state index is 9.13. The van der Waals surface area contributed by atoms with E-state index < -0.39 is 0 Å². The van der Waals surface area contributed by atoms with Gasteiger partial charge in [0.1, 0.15) is 5.75 Å². The molecule has 1 atom stereocenters. The molecule has 1 fully saturated rings. The van der Waals surface area contributed by atoms with Crippen LogP contribution in [0.25, 0.3) is 0 Å². The molecule has 0 radical (unpaired) electrons. The quantitative estimate of drug-likeness (QED) is 0.797. The van der Waals surface area contributed by atoms with Crippen molar-refractivity contribution >= 4 is 11.8 Å². The number of phenols is 1. The lowest BCUT2D eigenvalue weighted by Crippen LogP contribution is -2.05. The molecule has 0 aromatic heterocycles. The van der Waals surface area contributed by atoms with Crippen molar-refractivity contribution < 1.29 is 9.84 Å². The molecule has 1 N–H and O–H groups in total. The fourth-order valence-electron chi connectivity index (χ4n) is 1.72. The number of benzene rings is 1. The van der Waals surface area contributed by atoms with Gasteiger partial charge in [0.25, 0.3) is 0 Å². The van der Waals surface area contributed by atoms with Crippen LogP contribution in [0.3, 0.4) is 0 Å². The Bertz CT molecular complexity index is 291. The van der Waals surface area contributed by atoms with Gasteiger partial charge in [-0.05, 0) is 43.5 Å². The van der Waals surface area contributed by atoms with E-state index in [1.54, 1.807) is 12.1 Å². The summed E-state index contributed by atoms with van der Waals surface area (Å²) in [6.07, 6.45) is 4.05. The summed E-state index contributed by atoms with van der Waals surface area (Å²) in [5.74, 6) is 1.42. The first-order chi connectivity index (χ1) is 7.34. The standard InChI is InChI=1S/C12H16O2S/c13-10-3-5-12(6-4-10)15-9-7-11-2-1-8-14-11/h3-6,11,13H,1-2,7-9H2. The second-order valence-electron chi connectivity index (χ2n) is 3.77. The molecule has 1 aromatic carbocycles. The molecule has 0 saturated carbocycles. The van der Waals surface area contributed by atoms with Crippen LogP contribution in [0.5, 0.6) is 5.75 Å². The van der Waals surface area contributed by atoms with E-state index in [4.69, 9.17) is 9.84 Å². The lowest BCUT2D eigenvalue weighted by atomic mass is 10.2. The Morgan fingerprint density at radius 3 is 2.80 bits per heavy atom. The molecule has 3 heteroatoms. The molecular weight excluding hydrogens is 208 g/mol. The van der Waals surface area contributed by atoms with E-state index in [1.807, 2.05) is 23.9 Å². The molecule has 2 rings (SSSR count). The highest BCUT2D eigenvalue weighted by Crippen LogP contribution is 2.24. The van der Waals surface area contributed by atoms with Crippen LogP contribution in [-0.2, 0) is 4.74 Å². The molecule has 1 heterocycles. The Morgan fingerprint density at radius 1 is 1.33 bits per heavy atom. The van der Waals surface area contributed by atoms with Crippen molar-refractivity contribution in [2.75, 3.05) is 12.4 Å². The highest BCUT2D eigenvalue weighted by Gasteiger charge is 2.14. The maximum Gasteiger partial charge on any atom is 0.115 e. The van der Waals surface area contributed by atoms with Gasteiger partial charge in [0, 0.05) is 17.3 Å². The Kier molecular flexibility index (Phi) is 3.92. The smallest absolute Gasteiger partial charge is 0.115 e. The van der Waals surface area contributed by atoms with Crippen molar-refractivity contribution in [2.24, 2.45) is 0 Å². The van der Waals surface area contributed by atoms with E-state index in [2.05, 4.69) is 0 Å². The van der Waals surface area contributed by atoms with Crippen molar-refractivity contribution in [2.45, 2.75) is 30.3 Å². The van der Waals surface area contributed by atoms with Gasteiger partial charge in [-0.2, -0.15) is 0 Å². The molecule has 1 aromatic rings. The average Bonchev–Trinajstić information content (AvgIpc) is 2.74. The number of hydrogen-bond acceptors (Lipinski definition) is 3. The number of rotatable bonds is 4. The molecule has 0 aliphatic carbocycles. The van der Waals surface area contributed by atoms with Gasteiger partial charge in [-0.15, -0.1) is 11.8 Å². The van der Waals surface area contributed by atoms with Crippen molar-refractivity contribution in [3.8, 4) is 5.75 Å². The van der Waals surface area contributed by atoms with Crippen LogP contribution in [0.2, 0.25) is 0 Å². The zero-order valence-electron chi connectivity index (χ0n) is 8.69. The Hall–Kier alpha value is -0.670. The molecule has 15 heavy (non-hydrogen) atoms. The Labute approximate surface area is 94.6 Å². The van der Waals surface area contributed by atoms with E-state index in [9.17, 15) is 0 Å². The SMILES string of the molecule is Oc1ccc(SCCC2CCCO2)cc1. The highest BCUT2D eigenvalue weighted by molar-refractivity contribution is 7.99. The number of ether oxygens (including phenoxy) is 1. The summed E-state index contributed by atoms with van der Waals surface area (Å²) in [6, 6.07) is 7.37. The minimum Gasteiger partial charge on any atom is -0.508 e. The normalized spacial score (nSPS) is 20.7. The van der Waals surface area contributed by atoms with Crippen molar-refractivity contribution in [1.82, 2.24) is 0 Å². The van der Waals surface area contributed by atoms with Gasteiger partial charge in [-0.1, -0.05) is 0 Å². The number of aromatic hydroxyl groups is 1. The predicted octanol–water partition coefficient (Wildman–Crippen LogP) is 3.05. The largest absolute Gasteiger partial charge is 0.508 e. The monoisotopic (exact) mass is 224 g/mol. The molecular formula is C12H16O2S. The molecule has 1 aliphatic heterocycles. The minimum absolute atomic E-state index is 0.332. The first-order valence-electron chi connectivity index (χ1n) is 5.38. The molecule has 2 nitrogen and oxygen atoms in total. The predicted molar refractivity (Wildman–Crippen MR) is 62.4 cm³/mol. The van der Waals surface area contributed by atoms with Crippen molar-refractivity contribution in [3.63, 3.8) is 0 Å². The third kappa shape index (κ3) is 3.43. The molecule has 1 saturated heterocycles. The summed E-state index contributed by atoms with van der Waals surface area (Å²) in [7, 11) is 0. The highest BCUT2D eigenvalue weighted by atomic mass is 32.2. The lowest BCUT2D eigenvalue weighted by Gasteiger charge is -2.08. The van der Waals surface area contributed by atoms with Gasteiger partial charge in [0.2, 0.25) is 0 Å². The van der Waals surface area contributed by atoms with Crippen molar-refractivity contribution in [3.05, 3.63) is 24.3 Å². The fraction of sp³-hybridized carbons (Fsp3) is 0.500. The molecule has 0 amide bonds.